The summed E-state index contributed by atoms with van der Waals surface area (Å²) in [5.74, 6) is 6.25. The van der Waals surface area contributed by atoms with Crippen molar-refractivity contribution in [1.29, 1.82) is 0 Å². The van der Waals surface area contributed by atoms with Crippen LogP contribution in [0.5, 0.6) is 0 Å². The molecule has 0 heterocycles. The molecule has 0 aliphatic carbocycles. The van der Waals surface area contributed by atoms with Crippen LogP contribution in [-0.4, -0.2) is 20.7 Å². The molecular weight excluding hydrogens is 272 g/mol. The lowest BCUT2D eigenvalue weighted by Gasteiger charge is -2.08. The van der Waals surface area contributed by atoms with Gasteiger partial charge in [0.05, 0.1) is 12.3 Å². The average Bonchev–Trinajstić information content (AvgIpc) is 2.42. The first kappa shape index (κ1) is 16.7. The molecule has 1 aromatic carbocycles. The van der Waals surface area contributed by atoms with E-state index < -0.39 is 10.0 Å². The lowest BCUT2D eigenvalue weighted by molar-refractivity contribution is 0.561. The van der Waals surface area contributed by atoms with E-state index in [2.05, 4.69) is 16.6 Å². The second kappa shape index (κ2) is 8.05. The van der Waals surface area contributed by atoms with Crippen LogP contribution in [-0.2, 0) is 16.6 Å². The predicted molar refractivity (Wildman–Crippen MR) is 82.5 cm³/mol. The van der Waals surface area contributed by atoms with Gasteiger partial charge in [-0.3, -0.25) is 0 Å². The van der Waals surface area contributed by atoms with Crippen molar-refractivity contribution >= 4 is 10.0 Å². The van der Waals surface area contributed by atoms with E-state index in [0.29, 0.717) is 25.4 Å². The molecule has 0 atom stereocenters. The maximum absolute atomic E-state index is 11.8. The highest BCUT2D eigenvalue weighted by molar-refractivity contribution is 7.89. The van der Waals surface area contributed by atoms with E-state index in [-0.39, 0.29) is 5.75 Å². The van der Waals surface area contributed by atoms with Crippen molar-refractivity contribution < 1.29 is 8.42 Å². The van der Waals surface area contributed by atoms with Crippen molar-refractivity contribution in [3.05, 3.63) is 35.4 Å². The largest absolute Gasteiger partial charge is 0.320 e. The summed E-state index contributed by atoms with van der Waals surface area (Å²) in [5.41, 5.74) is 7.09. The molecular formula is C15H22N2O2S. The molecule has 0 saturated heterocycles. The summed E-state index contributed by atoms with van der Waals surface area (Å²) in [6.07, 6.45) is 0.670. The van der Waals surface area contributed by atoms with Gasteiger partial charge in [-0.05, 0) is 30.0 Å². The van der Waals surface area contributed by atoms with Crippen molar-refractivity contribution in [2.24, 2.45) is 11.7 Å². The van der Waals surface area contributed by atoms with Gasteiger partial charge in [0.1, 0.15) is 0 Å². The SMILES string of the molecule is CC(C)CCS(=O)(=O)NCc1ccc(C#CCN)cc1. The maximum atomic E-state index is 11.8. The van der Waals surface area contributed by atoms with Gasteiger partial charge in [0, 0.05) is 12.1 Å². The van der Waals surface area contributed by atoms with Gasteiger partial charge in [-0.2, -0.15) is 0 Å². The highest BCUT2D eigenvalue weighted by Gasteiger charge is 2.10. The van der Waals surface area contributed by atoms with E-state index >= 15 is 0 Å². The molecule has 0 bridgehead atoms. The Balaban J connectivity index is 2.53. The van der Waals surface area contributed by atoms with Crippen molar-refractivity contribution in [3.8, 4) is 11.8 Å². The summed E-state index contributed by atoms with van der Waals surface area (Å²) in [4.78, 5) is 0. The predicted octanol–water partition coefficient (Wildman–Crippen LogP) is 1.46. The van der Waals surface area contributed by atoms with E-state index in [1.165, 1.54) is 0 Å². The number of nitrogens with one attached hydrogen (secondary N) is 1. The molecule has 0 spiro atoms. The standard InChI is InChI=1S/C15H22N2O2S/c1-13(2)9-11-20(18,19)17-12-15-7-5-14(6-8-15)4-3-10-16/h5-8,13,17H,9-12,16H2,1-2H3. The zero-order valence-corrected chi connectivity index (χ0v) is 12.8. The third-order valence-corrected chi connectivity index (χ3v) is 4.11. The molecule has 0 radical (unpaired) electrons. The minimum Gasteiger partial charge on any atom is -0.320 e. The second-order valence-electron chi connectivity index (χ2n) is 5.03. The third kappa shape index (κ3) is 6.71. The van der Waals surface area contributed by atoms with Crippen LogP contribution in [0.15, 0.2) is 24.3 Å². The minimum atomic E-state index is -3.19. The Morgan fingerprint density at radius 2 is 1.90 bits per heavy atom. The lowest BCUT2D eigenvalue weighted by Crippen LogP contribution is -2.26. The Bertz CT molecular complexity index is 566. The molecule has 0 saturated carbocycles. The number of hydrogen-bond donors (Lipinski definition) is 2. The van der Waals surface area contributed by atoms with Crippen molar-refractivity contribution in [1.82, 2.24) is 4.72 Å². The van der Waals surface area contributed by atoms with Gasteiger partial charge in [-0.25, -0.2) is 13.1 Å². The second-order valence-corrected chi connectivity index (χ2v) is 6.95. The van der Waals surface area contributed by atoms with E-state index in [1.54, 1.807) is 0 Å². The highest BCUT2D eigenvalue weighted by Crippen LogP contribution is 2.05. The van der Waals surface area contributed by atoms with E-state index in [0.717, 1.165) is 11.1 Å². The van der Waals surface area contributed by atoms with Crippen molar-refractivity contribution in [3.63, 3.8) is 0 Å². The Morgan fingerprint density at radius 3 is 2.45 bits per heavy atom. The van der Waals surface area contributed by atoms with Gasteiger partial charge in [0.2, 0.25) is 10.0 Å². The molecule has 110 valence electrons. The minimum absolute atomic E-state index is 0.171. The van der Waals surface area contributed by atoms with Gasteiger partial charge in [-0.15, -0.1) is 0 Å². The molecule has 20 heavy (non-hydrogen) atoms. The number of benzene rings is 1. The maximum Gasteiger partial charge on any atom is 0.211 e. The average molecular weight is 294 g/mol. The number of rotatable bonds is 6. The molecule has 0 fully saturated rings. The third-order valence-electron chi connectivity index (χ3n) is 2.75. The molecule has 0 amide bonds. The molecule has 1 aromatic rings. The summed E-state index contributed by atoms with van der Waals surface area (Å²) < 4.78 is 26.1. The fourth-order valence-corrected chi connectivity index (χ4v) is 2.83. The molecule has 1 rings (SSSR count). The van der Waals surface area contributed by atoms with Crippen LogP contribution in [0.2, 0.25) is 0 Å². The van der Waals surface area contributed by atoms with Crippen LogP contribution in [0.4, 0.5) is 0 Å². The Morgan fingerprint density at radius 1 is 1.25 bits per heavy atom. The Hall–Kier alpha value is -1.35. The topological polar surface area (TPSA) is 72.2 Å². The Labute approximate surface area is 121 Å². The van der Waals surface area contributed by atoms with E-state index in [4.69, 9.17) is 5.73 Å². The summed E-state index contributed by atoms with van der Waals surface area (Å²) in [6.45, 7) is 4.66. The zero-order chi connectivity index (χ0) is 15.0. The fourth-order valence-electron chi connectivity index (χ4n) is 1.52. The van der Waals surface area contributed by atoms with Crippen LogP contribution in [0.25, 0.3) is 0 Å². The number of hydrogen-bond acceptors (Lipinski definition) is 3. The first-order chi connectivity index (χ1) is 9.43. The number of sulfonamides is 1. The van der Waals surface area contributed by atoms with Crippen LogP contribution in [0.1, 0.15) is 31.4 Å². The quantitative estimate of drug-likeness (QED) is 0.780. The molecule has 3 N–H and O–H groups in total. The van der Waals surface area contributed by atoms with Crippen LogP contribution in [0, 0.1) is 17.8 Å². The lowest BCUT2D eigenvalue weighted by atomic mass is 10.1. The summed E-state index contributed by atoms with van der Waals surface area (Å²) >= 11 is 0. The zero-order valence-electron chi connectivity index (χ0n) is 12.0. The van der Waals surface area contributed by atoms with Crippen LogP contribution in [0.3, 0.4) is 0 Å². The summed E-state index contributed by atoms with van der Waals surface area (Å²) in [7, 11) is -3.19. The highest BCUT2D eigenvalue weighted by atomic mass is 32.2. The van der Waals surface area contributed by atoms with Gasteiger partial charge in [-0.1, -0.05) is 37.8 Å². The molecule has 4 nitrogen and oxygen atoms in total. The van der Waals surface area contributed by atoms with Crippen molar-refractivity contribution in [2.45, 2.75) is 26.8 Å². The first-order valence-electron chi connectivity index (χ1n) is 6.68. The molecule has 0 aromatic heterocycles. The smallest absolute Gasteiger partial charge is 0.211 e. The monoisotopic (exact) mass is 294 g/mol. The molecule has 0 aliphatic heterocycles. The molecule has 5 heteroatoms. The summed E-state index contributed by atoms with van der Waals surface area (Å²) in [5, 5.41) is 0. The van der Waals surface area contributed by atoms with Crippen LogP contribution < -0.4 is 10.5 Å². The van der Waals surface area contributed by atoms with Gasteiger partial charge in [0.15, 0.2) is 0 Å². The molecule has 0 unspecified atom stereocenters. The van der Waals surface area contributed by atoms with Crippen molar-refractivity contribution in [2.75, 3.05) is 12.3 Å². The number of nitrogens with two attached hydrogens (primary N) is 1. The van der Waals surface area contributed by atoms with Gasteiger partial charge < -0.3 is 5.73 Å². The Kier molecular flexibility index (Phi) is 6.73. The first-order valence-corrected chi connectivity index (χ1v) is 8.33. The fraction of sp³-hybridized carbons (Fsp3) is 0.467. The van der Waals surface area contributed by atoms with Gasteiger partial charge in [0.25, 0.3) is 0 Å². The summed E-state index contributed by atoms with van der Waals surface area (Å²) in [6, 6.07) is 7.46. The van der Waals surface area contributed by atoms with Crippen LogP contribution >= 0.6 is 0 Å². The molecule has 0 aliphatic rings. The van der Waals surface area contributed by atoms with Gasteiger partial charge >= 0.3 is 0 Å². The van der Waals surface area contributed by atoms with E-state index in [9.17, 15) is 8.42 Å². The van der Waals surface area contributed by atoms with E-state index in [1.807, 2.05) is 38.1 Å². The normalized spacial score (nSPS) is 11.2.